The lowest BCUT2D eigenvalue weighted by Crippen LogP contribution is -2.57. The first-order valence-electron chi connectivity index (χ1n) is 7.68. The average molecular weight is 343 g/mol. The highest BCUT2D eigenvalue weighted by Crippen LogP contribution is 2.28. The molecule has 0 radical (unpaired) electrons. The predicted molar refractivity (Wildman–Crippen MR) is 84.1 cm³/mol. The van der Waals surface area contributed by atoms with Crippen LogP contribution in [0, 0.1) is 11.2 Å². The van der Waals surface area contributed by atoms with Crippen molar-refractivity contribution in [2.75, 3.05) is 52.5 Å². The standard InChI is InChI=1S/C16H20ClFN2O3/c17-12-1-2-14(18)13(7-12)15(22)20-5-3-19(4-6-20)8-16(9-21)10-23-11-16/h1-2,7,21H,3-6,8-11H2. The first kappa shape index (κ1) is 16.6. The van der Waals surface area contributed by atoms with Crippen LogP contribution in [0.3, 0.4) is 0 Å². The molecule has 2 saturated heterocycles. The van der Waals surface area contributed by atoms with Crippen molar-refractivity contribution in [1.29, 1.82) is 0 Å². The van der Waals surface area contributed by atoms with Gasteiger partial charge in [0, 0.05) is 37.7 Å². The van der Waals surface area contributed by atoms with Crippen LogP contribution in [0.5, 0.6) is 0 Å². The van der Waals surface area contributed by atoms with Gasteiger partial charge in [-0.2, -0.15) is 0 Å². The number of aliphatic hydroxyl groups is 1. The summed E-state index contributed by atoms with van der Waals surface area (Å²) < 4.78 is 19.0. The SMILES string of the molecule is O=C(c1cc(Cl)ccc1F)N1CCN(CC2(CO)COC2)CC1. The molecule has 2 aliphatic rings. The zero-order valence-electron chi connectivity index (χ0n) is 12.8. The number of amides is 1. The van der Waals surface area contributed by atoms with Gasteiger partial charge in [0.2, 0.25) is 0 Å². The van der Waals surface area contributed by atoms with Gasteiger partial charge in [0.05, 0.1) is 30.8 Å². The lowest BCUT2D eigenvalue weighted by molar-refractivity contribution is -0.150. The molecule has 0 spiro atoms. The lowest BCUT2D eigenvalue weighted by Gasteiger charge is -2.45. The summed E-state index contributed by atoms with van der Waals surface area (Å²) in [4.78, 5) is 16.3. The fourth-order valence-electron chi connectivity index (χ4n) is 3.04. The summed E-state index contributed by atoms with van der Waals surface area (Å²) in [7, 11) is 0. The Balaban J connectivity index is 1.58. The van der Waals surface area contributed by atoms with Crippen LogP contribution in [0.2, 0.25) is 5.02 Å². The molecule has 0 unspecified atom stereocenters. The van der Waals surface area contributed by atoms with E-state index >= 15 is 0 Å². The maximum atomic E-state index is 13.8. The topological polar surface area (TPSA) is 53.0 Å². The van der Waals surface area contributed by atoms with Gasteiger partial charge >= 0.3 is 0 Å². The maximum absolute atomic E-state index is 13.8. The van der Waals surface area contributed by atoms with E-state index in [1.165, 1.54) is 18.2 Å². The van der Waals surface area contributed by atoms with Crippen LogP contribution in [0.4, 0.5) is 4.39 Å². The van der Waals surface area contributed by atoms with Gasteiger partial charge in [-0.05, 0) is 18.2 Å². The Morgan fingerprint density at radius 1 is 1.30 bits per heavy atom. The molecule has 0 aromatic heterocycles. The predicted octanol–water partition coefficient (Wildman–Crippen LogP) is 1.25. The molecule has 0 bridgehead atoms. The Labute approximate surface area is 139 Å². The highest BCUT2D eigenvalue weighted by Gasteiger charge is 2.40. The number of hydrogen-bond donors (Lipinski definition) is 1. The Kier molecular flexibility index (Phi) is 4.87. The van der Waals surface area contributed by atoms with E-state index in [9.17, 15) is 14.3 Å². The second-order valence-electron chi connectivity index (χ2n) is 6.34. The number of aliphatic hydroxyl groups excluding tert-OH is 1. The van der Waals surface area contributed by atoms with E-state index in [0.29, 0.717) is 44.4 Å². The smallest absolute Gasteiger partial charge is 0.256 e. The molecule has 7 heteroatoms. The molecule has 0 aliphatic carbocycles. The van der Waals surface area contributed by atoms with Crippen LogP contribution in [0.1, 0.15) is 10.4 Å². The number of carbonyl (C=O) groups excluding carboxylic acids is 1. The molecule has 2 heterocycles. The molecule has 5 nitrogen and oxygen atoms in total. The number of nitrogens with zero attached hydrogens (tertiary/aromatic N) is 2. The van der Waals surface area contributed by atoms with Crippen molar-refractivity contribution in [3.05, 3.63) is 34.6 Å². The van der Waals surface area contributed by atoms with Crippen molar-refractivity contribution in [3.63, 3.8) is 0 Å². The molecule has 1 N–H and O–H groups in total. The number of piperazine rings is 1. The Morgan fingerprint density at radius 2 is 2.00 bits per heavy atom. The monoisotopic (exact) mass is 342 g/mol. The third-order valence-corrected chi connectivity index (χ3v) is 4.76. The van der Waals surface area contributed by atoms with E-state index in [1.807, 2.05) is 0 Å². The molecule has 3 rings (SSSR count). The summed E-state index contributed by atoms with van der Waals surface area (Å²) in [6.45, 7) is 4.51. The van der Waals surface area contributed by atoms with Gasteiger partial charge in [-0.1, -0.05) is 11.6 Å². The van der Waals surface area contributed by atoms with Gasteiger partial charge in [0.25, 0.3) is 5.91 Å². The van der Waals surface area contributed by atoms with Crippen molar-refractivity contribution in [2.24, 2.45) is 5.41 Å². The molecule has 1 aromatic carbocycles. The maximum Gasteiger partial charge on any atom is 0.256 e. The summed E-state index contributed by atoms with van der Waals surface area (Å²) >= 11 is 5.85. The number of rotatable bonds is 4. The van der Waals surface area contributed by atoms with E-state index < -0.39 is 5.82 Å². The van der Waals surface area contributed by atoms with Gasteiger partial charge in [-0.3, -0.25) is 9.69 Å². The summed E-state index contributed by atoms with van der Waals surface area (Å²) in [5.41, 5.74) is -0.143. The normalized spacial score (nSPS) is 21.1. The van der Waals surface area contributed by atoms with Gasteiger partial charge in [0.15, 0.2) is 0 Å². The fraction of sp³-hybridized carbons (Fsp3) is 0.562. The molecule has 1 amide bonds. The first-order valence-corrected chi connectivity index (χ1v) is 8.06. The summed E-state index contributed by atoms with van der Waals surface area (Å²) in [5.74, 6) is -0.874. The molecule has 0 saturated carbocycles. The zero-order valence-corrected chi connectivity index (χ0v) is 13.6. The highest BCUT2D eigenvalue weighted by molar-refractivity contribution is 6.31. The summed E-state index contributed by atoms with van der Waals surface area (Å²) in [6, 6.07) is 4.02. The number of ether oxygens (including phenoxy) is 1. The second-order valence-corrected chi connectivity index (χ2v) is 6.78. The van der Waals surface area contributed by atoms with Crippen LogP contribution in [0.15, 0.2) is 18.2 Å². The minimum Gasteiger partial charge on any atom is -0.396 e. The van der Waals surface area contributed by atoms with Gasteiger partial charge < -0.3 is 14.7 Å². The van der Waals surface area contributed by atoms with Gasteiger partial charge in [-0.25, -0.2) is 4.39 Å². The largest absolute Gasteiger partial charge is 0.396 e. The van der Waals surface area contributed by atoms with Gasteiger partial charge in [0.1, 0.15) is 5.82 Å². The van der Waals surface area contributed by atoms with Crippen LogP contribution in [0.25, 0.3) is 0 Å². The van der Waals surface area contributed by atoms with Crippen molar-refractivity contribution in [2.45, 2.75) is 0 Å². The fourth-order valence-corrected chi connectivity index (χ4v) is 3.21. The quantitative estimate of drug-likeness (QED) is 0.894. The lowest BCUT2D eigenvalue weighted by atomic mass is 9.86. The number of halogens is 2. The minimum absolute atomic E-state index is 0.0187. The second kappa shape index (κ2) is 6.73. The number of hydrogen-bond acceptors (Lipinski definition) is 4. The van der Waals surface area contributed by atoms with Crippen molar-refractivity contribution in [1.82, 2.24) is 9.80 Å². The number of carbonyl (C=O) groups is 1. The molecule has 2 fully saturated rings. The van der Waals surface area contributed by atoms with Crippen molar-refractivity contribution >= 4 is 17.5 Å². The summed E-state index contributed by atoms with van der Waals surface area (Å²) in [5, 5.41) is 9.84. The van der Waals surface area contributed by atoms with E-state index in [1.54, 1.807) is 4.90 Å². The van der Waals surface area contributed by atoms with E-state index in [2.05, 4.69) is 4.90 Å². The molecule has 1 aromatic rings. The number of benzene rings is 1. The van der Waals surface area contributed by atoms with E-state index in [0.717, 1.165) is 6.54 Å². The van der Waals surface area contributed by atoms with E-state index in [-0.39, 0.29) is 23.5 Å². The molecular weight excluding hydrogens is 323 g/mol. The molecular formula is C16H20ClFN2O3. The first-order chi connectivity index (χ1) is 11.0. The van der Waals surface area contributed by atoms with Crippen LogP contribution in [-0.2, 0) is 4.74 Å². The van der Waals surface area contributed by atoms with Crippen molar-refractivity contribution < 1.29 is 19.0 Å². The van der Waals surface area contributed by atoms with Crippen molar-refractivity contribution in [3.8, 4) is 0 Å². The molecule has 23 heavy (non-hydrogen) atoms. The highest BCUT2D eigenvalue weighted by atomic mass is 35.5. The van der Waals surface area contributed by atoms with Crippen LogP contribution >= 0.6 is 11.6 Å². The molecule has 126 valence electrons. The Hall–Kier alpha value is -1.21. The Morgan fingerprint density at radius 3 is 2.57 bits per heavy atom. The van der Waals surface area contributed by atoms with Crippen LogP contribution in [-0.4, -0.2) is 73.4 Å². The summed E-state index contributed by atoms with van der Waals surface area (Å²) in [6.07, 6.45) is 0. The Bertz CT molecular complexity index is 581. The van der Waals surface area contributed by atoms with E-state index in [4.69, 9.17) is 16.3 Å². The minimum atomic E-state index is -0.548. The molecule has 2 aliphatic heterocycles. The molecule has 0 atom stereocenters. The third-order valence-electron chi connectivity index (χ3n) is 4.53. The van der Waals surface area contributed by atoms with Gasteiger partial charge in [-0.15, -0.1) is 0 Å². The van der Waals surface area contributed by atoms with Crippen LogP contribution < -0.4 is 0 Å². The zero-order chi connectivity index (χ0) is 16.4. The average Bonchev–Trinajstić information content (AvgIpc) is 2.53. The third kappa shape index (κ3) is 3.50.